The van der Waals surface area contributed by atoms with Crippen LogP contribution in [0.1, 0.15) is 5.56 Å². The number of aromatic amines is 2. The number of imidazole rings is 1. The van der Waals surface area contributed by atoms with Crippen LogP contribution in [-0.2, 0) is 6.61 Å². The molecule has 5 heterocycles. The molecule has 8 nitrogen and oxygen atoms in total. The van der Waals surface area contributed by atoms with Crippen LogP contribution in [-0.4, -0.2) is 30.1 Å². The molecule has 5 aromatic heterocycles. The number of hydrogen-bond donors (Lipinski definition) is 2. The maximum Gasteiger partial charge on any atom is 0.178 e. The number of nitrogens with one attached hydrogen (secondary N) is 2. The standard InChI is InChI=1S/C29H20N6O2/c1-2-4-18(5-3-1)16-37-22-12-21(14-30-15-22)19-6-7-25-24(13-19)27(35-34-25)29-32-26-23(20-9-11-36-17-20)8-10-31-28(26)33-29/h1-15,17H,16H2,(H,34,35)(H,31,32,33). The number of pyridine rings is 2. The Morgan fingerprint density at radius 1 is 0.892 bits per heavy atom. The quantitative estimate of drug-likeness (QED) is 0.283. The summed E-state index contributed by atoms with van der Waals surface area (Å²) in [5, 5.41) is 8.62. The first-order valence-corrected chi connectivity index (χ1v) is 11.8. The van der Waals surface area contributed by atoms with Gasteiger partial charge in [-0.1, -0.05) is 36.4 Å². The summed E-state index contributed by atoms with van der Waals surface area (Å²) in [4.78, 5) is 17.0. The number of hydrogen-bond acceptors (Lipinski definition) is 6. The van der Waals surface area contributed by atoms with Gasteiger partial charge in [0.1, 0.15) is 18.1 Å². The molecule has 2 aromatic carbocycles. The van der Waals surface area contributed by atoms with Crippen molar-refractivity contribution >= 4 is 22.1 Å². The van der Waals surface area contributed by atoms with Crippen LogP contribution in [0.4, 0.5) is 0 Å². The summed E-state index contributed by atoms with van der Waals surface area (Å²) in [6.07, 6.45) is 8.66. The van der Waals surface area contributed by atoms with Gasteiger partial charge in [0, 0.05) is 34.5 Å². The number of nitrogens with zero attached hydrogens (tertiary/aromatic N) is 4. The summed E-state index contributed by atoms with van der Waals surface area (Å²) in [5.41, 5.74) is 8.06. The fraction of sp³-hybridized carbons (Fsp3) is 0.0345. The van der Waals surface area contributed by atoms with Crippen LogP contribution in [0.5, 0.6) is 5.75 Å². The second kappa shape index (κ2) is 8.76. The van der Waals surface area contributed by atoms with Crippen LogP contribution < -0.4 is 4.74 Å². The fourth-order valence-corrected chi connectivity index (χ4v) is 4.45. The van der Waals surface area contributed by atoms with Crippen molar-refractivity contribution in [1.82, 2.24) is 30.1 Å². The van der Waals surface area contributed by atoms with Gasteiger partial charge in [-0.3, -0.25) is 10.1 Å². The average Bonchev–Trinajstić information content (AvgIpc) is 3.71. The lowest BCUT2D eigenvalue weighted by molar-refractivity contribution is 0.305. The number of ether oxygens (including phenoxy) is 1. The molecule has 8 heteroatoms. The Hall–Kier alpha value is -5.24. The topological polar surface area (TPSA) is 106 Å². The van der Waals surface area contributed by atoms with Gasteiger partial charge in [-0.15, -0.1) is 0 Å². The van der Waals surface area contributed by atoms with Gasteiger partial charge in [0.15, 0.2) is 11.5 Å². The zero-order valence-corrected chi connectivity index (χ0v) is 19.6. The Morgan fingerprint density at radius 3 is 2.73 bits per heavy atom. The summed E-state index contributed by atoms with van der Waals surface area (Å²) in [7, 11) is 0. The lowest BCUT2D eigenvalue weighted by Crippen LogP contribution is -1.95. The van der Waals surface area contributed by atoms with E-state index < -0.39 is 0 Å². The van der Waals surface area contributed by atoms with Crippen molar-refractivity contribution in [3.63, 3.8) is 0 Å². The van der Waals surface area contributed by atoms with Crippen molar-refractivity contribution in [3.8, 4) is 39.5 Å². The minimum Gasteiger partial charge on any atom is -0.487 e. The van der Waals surface area contributed by atoms with Gasteiger partial charge in [-0.2, -0.15) is 5.10 Å². The van der Waals surface area contributed by atoms with E-state index in [9.17, 15) is 0 Å². The zero-order valence-electron chi connectivity index (χ0n) is 19.6. The van der Waals surface area contributed by atoms with Crippen LogP contribution in [0.3, 0.4) is 0 Å². The van der Waals surface area contributed by atoms with Crippen molar-refractivity contribution in [1.29, 1.82) is 0 Å². The van der Waals surface area contributed by atoms with Crippen molar-refractivity contribution in [2.75, 3.05) is 0 Å². The number of rotatable bonds is 6. The highest BCUT2D eigenvalue weighted by atomic mass is 16.5. The molecule has 7 aromatic rings. The van der Waals surface area contributed by atoms with Gasteiger partial charge < -0.3 is 14.1 Å². The van der Waals surface area contributed by atoms with E-state index in [4.69, 9.17) is 14.1 Å². The molecule has 0 atom stereocenters. The fourth-order valence-electron chi connectivity index (χ4n) is 4.45. The van der Waals surface area contributed by atoms with Gasteiger partial charge in [-0.05, 0) is 41.5 Å². The van der Waals surface area contributed by atoms with E-state index in [-0.39, 0.29) is 0 Å². The third kappa shape index (κ3) is 3.90. The van der Waals surface area contributed by atoms with Crippen molar-refractivity contribution < 1.29 is 9.15 Å². The van der Waals surface area contributed by atoms with Crippen molar-refractivity contribution in [3.05, 3.63) is 103 Å². The maximum atomic E-state index is 5.99. The van der Waals surface area contributed by atoms with Crippen molar-refractivity contribution in [2.45, 2.75) is 6.61 Å². The molecular formula is C29H20N6O2. The molecule has 0 amide bonds. The molecule has 37 heavy (non-hydrogen) atoms. The maximum absolute atomic E-state index is 5.99. The summed E-state index contributed by atoms with van der Waals surface area (Å²) < 4.78 is 11.3. The third-order valence-electron chi connectivity index (χ3n) is 6.31. The molecule has 0 fully saturated rings. The third-order valence-corrected chi connectivity index (χ3v) is 6.31. The molecule has 2 N–H and O–H groups in total. The Bertz CT molecular complexity index is 1840. The lowest BCUT2D eigenvalue weighted by Gasteiger charge is -2.08. The molecule has 0 saturated carbocycles. The molecule has 7 rings (SSSR count). The van der Waals surface area contributed by atoms with Crippen LogP contribution in [0, 0.1) is 0 Å². The molecule has 0 aliphatic carbocycles. The zero-order chi connectivity index (χ0) is 24.6. The number of fused-ring (bicyclic) bond motifs is 2. The monoisotopic (exact) mass is 484 g/mol. The van der Waals surface area contributed by atoms with Gasteiger partial charge in [-0.25, -0.2) is 9.97 Å². The van der Waals surface area contributed by atoms with E-state index in [1.54, 1.807) is 24.9 Å². The van der Waals surface area contributed by atoms with Crippen molar-refractivity contribution in [2.24, 2.45) is 0 Å². The second-order valence-electron chi connectivity index (χ2n) is 8.67. The average molecular weight is 485 g/mol. The number of benzene rings is 2. The SMILES string of the molecule is c1ccc(COc2cncc(-c3ccc4[nH]nc(-c5nc6nccc(-c7ccoc7)c6[nH]5)c4c3)c2)cc1. The first-order valence-electron chi connectivity index (χ1n) is 11.8. The van der Waals surface area contributed by atoms with E-state index in [2.05, 4.69) is 31.2 Å². The Kier molecular flexibility index (Phi) is 4.99. The number of furan rings is 1. The molecular weight excluding hydrogens is 464 g/mol. The highest BCUT2D eigenvalue weighted by Crippen LogP contribution is 2.33. The molecule has 0 unspecified atom stereocenters. The number of H-pyrrole nitrogens is 2. The molecule has 178 valence electrons. The Balaban J connectivity index is 1.24. The van der Waals surface area contributed by atoms with Gasteiger partial charge in [0.2, 0.25) is 0 Å². The minimum absolute atomic E-state index is 0.484. The molecule has 0 aliphatic rings. The van der Waals surface area contributed by atoms with Crippen LogP contribution >= 0.6 is 0 Å². The molecule has 0 spiro atoms. The van der Waals surface area contributed by atoms with E-state index in [0.717, 1.165) is 49.9 Å². The van der Waals surface area contributed by atoms with Crippen LogP contribution in [0.2, 0.25) is 0 Å². The summed E-state index contributed by atoms with van der Waals surface area (Å²) in [5.74, 6) is 1.35. The van der Waals surface area contributed by atoms with E-state index in [0.29, 0.717) is 23.8 Å². The van der Waals surface area contributed by atoms with Crippen LogP contribution in [0.25, 0.3) is 55.8 Å². The minimum atomic E-state index is 0.484. The Morgan fingerprint density at radius 2 is 1.84 bits per heavy atom. The van der Waals surface area contributed by atoms with Gasteiger partial charge >= 0.3 is 0 Å². The molecule has 0 bridgehead atoms. The highest BCUT2D eigenvalue weighted by Gasteiger charge is 2.17. The normalized spacial score (nSPS) is 11.4. The van der Waals surface area contributed by atoms with Gasteiger partial charge in [0.25, 0.3) is 0 Å². The van der Waals surface area contributed by atoms with Gasteiger partial charge in [0.05, 0.1) is 29.8 Å². The smallest absolute Gasteiger partial charge is 0.178 e. The van der Waals surface area contributed by atoms with E-state index in [1.165, 1.54) is 0 Å². The number of aromatic nitrogens is 6. The molecule has 0 radical (unpaired) electrons. The van der Waals surface area contributed by atoms with E-state index >= 15 is 0 Å². The highest BCUT2D eigenvalue weighted by molar-refractivity contribution is 5.97. The molecule has 0 saturated heterocycles. The second-order valence-corrected chi connectivity index (χ2v) is 8.67. The predicted molar refractivity (Wildman–Crippen MR) is 141 cm³/mol. The van der Waals surface area contributed by atoms with E-state index in [1.807, 2.05) is 66.9 Å². The first kappa shape index (κ1) is 21.1. The molecule has 0 aliphatic heterocycles. The largest absolute Gasteiger partial charge is 0.487 e. The summed E-state index contributed by atoms with van der Waals surface area (Å²) in [6.45, 7) is 0.484. The summed E-state index contributed by atoms with van der Waals surface area (Å²) in [6, 6.07) is 22.1. The predicted octanol–water partition coefficient (Wildman–Crippen LogP) is 6.40. The first-order chi connectivity index (χ1) is 18.3. The Labute approximate surface area is 211 Å². The summed E-state index contributed by atoms with van der Waals surface area (Å²) >= 11 is 0. The van der Waals surface area contributed by atoms with Crippen LogP contribution in [0.15, 0.2) is 102 Å². The lowest BCUT2D eigenvalue weighted by atomic mass is 10.0.